The van der Waals surface area contributed by atoms with Crippen molar-refractivity contribution in [3.63, 3.8) is 0 Å². The van der Waals surface area contributed by atoms with Crippen LogP contribution in [0, 0.1) is 0 Å². The summed E-state index contributed by atoms with van der Waals surface area (Å²) in [6.45, 7) is 2.33. The highest BCUT2D eigenvalue weighted by Crippen LogP contribution is 2.35. The van der Waals surface area contributed by atoms with Crippen LogP contribution in [0.1, 0.15) is 24.1 Å². The van der Waals surface area contributed by atoms with E-state index in [9.17, 15) is 21.6 Å². The summed E-state index contributed by atoms with van der Waals surface area (Å²) in [6.07, 6.45) is -4.77. The summed E-state index contributed by atoms with van der Waals surface area (Å²) in [5.74, 6) is 1.01. The number of hydrogen-bond donors (Lipinski definition) is 1. The number of ether oxygens (including phenoxy) is 2. The SMILES string of the molecule is CC(NS(=O)(=O)c1ccccc1C(F)(F)F)c1ccc2c(c1)OCCO2. The van der Waals surface area contributed by atoms with E-state index in [2.05, 4.69) is 4.72 Å². The highest BCUT2D eigenvalue weighted by atomic mass is 32.2. The molecule has 3 rings (SSSR count). The molecule has 26 heavy (non-hydrogen) atoms. The number of alkyl halides is 3. The highest BCUT2D eigenvalue weighted by Gasteiger charge is 2.37. The summed E-state index contributed by atoms with van der Waals surface area (Å²) in [5.41, 5.74) is -0.663. The van der Waals surface area contributed by atoms with Crippen LogP contribution in [0.5, 0.6) is 11.5 Å². The van der Waals surface area contributed by atoms with Crippen molar-refractivity contribution in [3.8, 4) is 11.5 Å². The molecule has 0 radical (unpaired) electrons. The Morgan fingerprint density at radius 1 is 1.04 bits per heavy atom. The Hall–Kier alpha value is -2.26. The van der Waals surface area contributed by atoms with E-state index in [1.165, 1.54) is 6.07 Å². The second-order valence-corrected chi connectivity index (χ2v) is 7.42. The van der Waals surface area contributed by atoms with Crippen molar-refractivity contribution in [2.75, 3.05) is 13.2 Å². The first-order valence-corrected chi connectivity index (χ1v) is 9.25. The fraction of sp³-hybridized carbons (Fsp3) is 0.294. The van der Waals surface area contributed by atoms with Gasteiger partial charge in [0.2, 0.25) is 10.0 Å². The zero-order chi connectivity index (χ0) is 18.9. The number of nitrogens with one attached hydrogen (secondary N) is 1. The molecule has 5 nitrogen and oxygen atoms in total. The zero-order valence-corrected chi connectivity index (χ0v) is 14.5. The quantitative estimate of drug-likeness (QED) is 0.872. The number of fused-ring (bicyclic) bond motifs is 1. The van der Waals surface area contributed by atoms with E-state index >= 15 is 0 Å². The maximum absolute atomic E-state index is 13.1. The van der Waals surface area contributed by atoms with Gasteiger partial charge in [-0.3, -0.25) is 0 Å². The molecule has 1 heterocycles. The smallest absolute Gasteiger partial charge is 0.417 e. The van der Waals surface area contributed by atoms with Crippen molar-refractivity contribution in [2.24, 2.45) is 0 Å². The normalized spacial score (nSPS) is 15.5. The van der Waals surface area contributed by atoms with Crippen LogP contribution in [-0.4, -0.2) is 21.6 Å². The Balaban J connectivity index is 1.89. The molecule has 0 fully saturated rings. The first kappa shape index (κ1) is 18.5. The van der Waals surface area contributed by atoms with Gasteiger partial charge >= 0.3 is 6.18 Å². The second-order valence-electron chi connectivity index (χ2n) is 5.74. The third kappa shape index (κ3) is 3.78. The van der Waals surface area contributed by atoms with E-state index in [1.807, 2.05) is 0 Å². The van der Waals surface area contributed by atoms with Crippen LogP contribution in [0.25, 0.3) is 0 Å². The van der Waals surface area contributed by atoms with Crippen LogP contribution in [0.3, 0.4) is 0 Å². The Morgan fingerprint density at radius 3 is 2.38 bits per heavy atom. The molecular formula is C17H16F3NO4S. The van der Waals surface area contributed by atoms with Crippen LogP contribution in [0.2, 0.25) is 0 Å². The van der Waals surface area contributed by atoms with Crippen molar-refractivity contribution in [1.29, 1.82) is 0 Å². The molecular weight excluding hydrogens is 371 g/mol. The molecule has 0 aliphatic carbocycles. The minimum atomic E-state index is -4.77. The van der Waals surface area contributed by atoms with Crippen molar-refractivity contribution in [2.45, 2.75) is 24.0 Å². The van der Waals surface area contributed by atoms with Gasteiger partial charge in [-0.25, -0.2) is 13.1 Å². The molecule has 0 saturated heterocycles. The third-order valence-corrected chi connectivity index (χ3v) is 5.48. The van der Waals surface area contributed by atoms with E-state index in [-0.39, 0.29) is 0 Å². The van der Waals surface area contributed by atoms with Crippen molar-refractivity contribution >= 4 is 10.0 Å². The average molecular weight is 387 g/mol. The summed E-state index contributed by atoms with van der Waals surface area (Å²) < 4.78 is 77.4. The lowest BCUT2D eigenvalue weighted by Gasteiger charge is -2.21. The van der Waals surface area contributed by atoms with Crippen LogP contribution >= 0.6 is 0 Å². The van der Waals surface area contributed by atoms with E-state index in [0.717, 1.165) is 18.2 Å². The van der Waals surface area contributed by atoms with Gasteiger partial charge in [0, 0.05) is 6.04 Å². The molecule has 1 aliphatic heterocycles. The van der Waals surface area contributed by atoms with Gasteiger partial charge < -0.3 is 9.47 Å². The number of benzene rings is 2. The highest BCUT2D eigenvalue weighted by molar-refractivity contribution is 7.89. The maximum Gasteiger partial charge on any atom is 0.417 e. The lowest BCUT2D eigenvalue weighted by atomic mass is 10.1. The molecule has 2 aromatic carbocycles. The summed E-state index contributed by atoms with van der Waals surface area (Å²) >= 11 is 0. The number of halogens is 3. The zero-order valence-electron chi connectivity index (χ0n) is 13.7. The molecule has 0 bridgehead atoms. The molecule has 140 valence electrons. The fourth-order valence-corrected chi connectivity index (χ4v) is 4.09. The van der Waals surface area contributed by atoms with Crippen LogP contribution in [-0.2, 0) is 16.2 Å². The predicted octanol–water partition coefficient (Wildman–Crippen LogP) is 3.52. The molecule has 1 atom stereocenters. The van der Waals surface area contributed by atoms with Gasteiger partial charge in [-0.2, -0.15) is 13.2 Å². The van der Waals surface area contributed by atoms with Crippen molar-refractivity contribution < 1.29 is 31.1 Å². The molecule has 9 heteroatoms. The van der Waals surface area contributed by atoms with Gasteiger partial charge in [0.05, 0.1) is 10.5 Å². The second kappa shape index (κ2) is 6.81. The van der Waals surface area contributed by atoms with E-state index < -0.39 is 32.7 Å². The van der Waals surface area contributed by atoms with Gasteiger partial charge in [-0.1, -0.05) is 18.2 Å². The predicted molar refractivity (Wildman–Crippen MR) is 87.6 cm³/mol. The van der Waals surface area contributed by atoms with Gasteiger partial charge in [-0.05, 0) is 36.8 Å². The van der Waals surface area contributed by atoms with E-state index in [0.29, 0.717) is 30.3 Å². The Kier molecular flexibility index (Phi) is 4.85. The van der Waals surface area contributed by atoms with Gasteiger partial charge in [0.15, 0.2) is 11.5 Å². The first-order valence-electron chi connectivity index (χ1n) is 7.76. The average Bonchev–Trinajstić information content (AvgIpc) is 2.60. The lowest BCUT2D eigenvalue weighted by Crippen LogP contribution is -2.29. The van der Waals surface area contributed by atoms with Crippen LogP contribution < -0.4 is 14.2 Å². The third-order valence-electron chi connectivity index (χ3n) is 3.88. The largest absolute Gasteiger partial charge is 0.486 e. The lowest BCUT2D eigenvalue weighted by molar-refractivity contribution is -0.139. The number of sulfonamides is 1. The molecule has 0 saturated carbocycles. The van der Waals surface area contributed by atoms with Crippen molar-refractivity contribution in [1.82, 2.24) is 4.72 Å². The molecule has 1 aliphatic rings. The van der Waals surface area contributed by atoms with Gasteiger partial charge in [0.1, 0.15) is 13.2 Å². The van der Waals surface area contributed by atoms with E-state index in [4.69, 9.17) is 9.47 Å². The monoisotopic (exact) mass is 387 g/mol. The molecule has 1 N–H and O–H groups in total. The summed E-state index contributed by atoms with van der Waals surface area (Å²) in [6, 6.07) is 8.18. The molecule has 0 aromatic heterocycles. The minimum Gasteiger partial charge on any atom is -0.486 e. The standard InChI is InChI=1S/C17H16F3NO4S/c1-11(12-6-7-14-15(10-12)25-9-8-24-14)21-26(22,23)16-5-3-2-4-13(16)17(18,19)20/h2-7,10-11,21H,8-9H2,1H3. The number of hydrogen-bond acceptors (Lipinski definition) is 4. The summed E-state index contributed by atoms with van der Waals surface area (Å²) in [5, 5.41) is 0. The Labute approximate surface area is 148 Å². The fourth-order valence-electron chi connectivity index (χ4n) is 2.63. The summed E-state index contributed by atoms with van der Waals surface area (Å²) in [4.78, 5) is -0.808. The van der Waals surface area contributed by atoms with Crippen LogP contribution in [0.15, 0.2) is 47.4 Å². The maximum atomic E-state index is 13.1. The van der Waals surface area contributed by atoms with Crippen LogP contribution in [0.4, 0.5) is 13.2 Å². The van der Waals surface area contributed by atoms with Gasteiger partial charge in [0.25, 0.3) is 0 Å². The Morgan fingerprint density at radius 2 is 1.69 bits per heavy atom. The minimum absolute atomic E-state index is 0.371. The van der Waals surface area contributed by atoms with E-state index in [1.54, 1.807) is 25.1 Å². The molecule has 0 amide bonds. The first-order chi connectivity index (χ1) is 12.2. The van der Waals surface area contributed by atoms with Gasteiger partial charge in [-0.15, -0.1) is 0 Å². The molecule has 0 spiro atoms. The van der Waals surface area contributed by atoms with Crippen molar-refractivity contribution in [3.05, 3.63) is 53.6 Å². The molecule has 2 aromatic rings. The Bertz CT molecular complexity index is 912. The topological polar surface area (TPSA) is 64.6 Å². The number of rotatable bonds is 4. The summed E-state index contributed by atoms with van der Waals surface area (Å²) in [7, 11) is -4.38. The molecule has 1 unspecified atom stereocenters.